The van der Waals surface area contributed by atoms with E-state index in [1.807, 2.05) is 0 Å². The van der Waals surface area contributed by atoms with Gasteiger partial charge in [0.15, 0.2) is 0 Å². The molecule has 0 fully saturated rings. The monoisotopic (exact) mass is 297 g/mol. The van der Waals surface area contributed by atoms with Crippen LogP contribution in [0.1, 0.15) is 71.9 Å². The Bertz CT molecular complexity index is 582. The maximum atomic E-state index is 3.67. The Morgan fingerprint density at radius 2 is 1.77 bits per heavy atom. The molecule has 0 amide bonds. The molecular weight excluding hydrogens is 266 g/mol. The summed E-state index contributed by atoms with van der Waals surface area (Å²) in [5, 5.41) is 3.67. The van der Waals surface area contributed by atoms with Gasteiger partial charge < -0.3 is 5.32 Å². The van der Waals surface area contributed by atoms with Crippen LogP contribution in [0.15, 0.2) is 36.4 Å². The number of benzene rings is 1. The maximum Gasteiger partial charge on any atom is 0.0423 e. The van der Waals surface area contributed by atoms with Crippen LogP contribution in [-0.2, 0) is 5.41 Å². The zero-order valence-electron chi connectivity index (χ0n) is 15.1. The van der Waals surface area contributed by atoms with Crippen LogP contribution in [0.4, 0.5) is 5.69 Å². The molecule has 1 N–H and O–H groups in total. The summed E-state index contributed by atoms with van der Waals surface area (Å²) in [5.74, 6) is 0. The first-order valence-electron chi connectivity index (χ1n) is 8.53. The highest BCUT2D eigenvalue weighted by Gasteiger charge is 2.21. The van der Waals surface area contributed by atoms with E-state index in [2.05, 4.69) is 83.3 Å². The SMILES string of the molecule is CCC(C)(C)c1ccc(NC(C)(C)C)c(C2=CCCC=C2)c1. The Balaban J connectivity index is 2.50. The molecule has 1 heteroatoms. The second-order valence-electron chi connectivity index (χ2n) is 8.01. The molecule has 1 aromatic carbocycles. The third-order valence-corrected chi connectivity index (χ3v) is 4.50. The second kappa shape index (κ2) is 6.32. The summed E-state index contributed by atoms with van der Waals surface area (Å²) in [7, 11) is 0. The van der Waals surface area contributed by atoms with Crippen molar-refractivity contribution in [1.82, 2.24) is 0 Å². The van der Waals surface area contributed by atoms with Crippen LogP contribution in [0, 0.1) is 0 Å². The predicted molar refractivity (Wildman–Crippen MR) is 99.5 cm³/mol. The van der Waals surface area contributed by atoms with Crippen molar-refractivity contribution in [3.63, 3.8) is 0 Å². The van der Waals surface area contributed by atoms with Gasteiger partial charge in [0, 0.05) is 16.8 Å². The fourth-order valence-electron chi connectivity index (χ4n) is 2.73. The van der Waals surface area contributed by atoms with E-state index in [1.165, 1.54) is 22.4 Å². The summed E-state index contributed by atoms with van der Waals surface area (Å²) in [5.41, 5.74) is 5.63. The van der Waals surface area contributed by atoms with E-state index in [1.54, 1.807) is 0 Å². The Morgan fingerprint density at radius 3 is 2.32 bits per heavy atom. The molecule has 0 radical (unpaired) electrons. The van der Waals surface area contributed by atoms with Crippen molar-refractivity contribution in [1.29, 1.82) is 0 Å². The molecule has 22 heavy (non-hydrogen) atoms. The van der Waals surface area contributed by atoms with E-state index in [0.717, 1.165) is 19.3 Å². The van der Waals surface area contributed by atoms with Crippen LogP contribution in [0.25, 0.3) is 5.57 Å². The lowest BCUT2D eigenvalue weighted by Crippen LogP contribution is -2.27. The Hall–Kier alpha value is -1.50. The van der Waals surface area contributed by atoms with Crippen molar-refractivity contribution in [3.05, 3.63) is 47.6 Å². The molecule has 1 aromatic rings. The summed E-state index contributed by atoms with van der Waals surface area (Å²) in [6, 6.07) is 6.93. The number of anilines is 1. The Morgan fingerprint density at radius 1 is 1.05 bits per heavy atom. The van der Waals surface area contributed by atoms with Gasteiger partial charge in [0.2, 0.25) is 0 Å². The minimum Gasteiger partial charge on any atom is -0.380 e. The number of hydrogen-bond acceptors (Lipinski definition) is 1. The summed E-state index contributed by atoms with van der Waals surface area (Å²) >= 11 is 0. The normalized spacial score (nSPS) is 15.6. The van der Waals surface area contributed by atoms with Crippen LogP contribution in [0.3, 0.4) is 0 Å². The van der Waals surface area contributed by atoms with Crippen molar-refractivity contribution >= 4 is 11.3 Å². The van der Waals surface area contributed by atoms with Crippen LogP contribution < -0.4 is 5.32 Å². The average Bonchev–Trinajstić information content (AvgIpc) is 2.47. The van der Waals surface area contributed by atoms with Crippen molar-refractivity contribution in [2.24, 2.45) is 0 Å². The summed E-state index contributed by atoms with van der Waals surface area (Å²) < 4.78 is 0. The van der Waals surface area contributed by atoms with E-state index in [4.69, 9.17) is 0 Å². The molecular formula is C21H31N. The summed E-state index contributed by atoms with van der Waals surface area (Å²) in [6.45, 7) is 13.6. The van der Waals surface area contributed by atoms with Gasteiger partial charge in [0.1, 0.15) is 0 Å². The van der Waals surface area contributed by atoms with Gasteiger partial charge in [-0.25, -0.2) is 0 Å². The van der Waals surface area contributed by atoms with Crippen LogP contribution in [0.5, 0.6) is 0 Å². The zero-order valence-corrected chi connectivity index (χ0v) is 15.1. The van der Waals surface area contributed by atoms with E-state index in [-0.39, 0.29) is 11.0 Å². The van der Waals surface area contributed by atoms with Gasteiger partial charge in [0.25, 0.3) is 0 Å². The average molecular weight is 297 g/mol. The molecule has 0 atom stereocenters. The Labute approximate surface area is 136 Å². The molecule has 0 saturated heterocycles. The molecule has 1 nitrogen and oxygen atoms in total. The number of allylic oxidation sites excluding steroid dienone is 4. The molecule has 1 aliphatic carbocycles. The van der Waals surface area contributed by atoms with Crippen molar-refractivity contribution in [2.45, 2.75) is 71.8 Å². The molecule has 0 unspecified atom stereocenters. The van der Waals surface area contributed by atoms with Gasteiger partial charge in [-0.3, -0.25) is 0 Å². The second-order valence-corrected chi connectivity index (χ2v) is 8.01. The van der Waals surface area contributed by atoms with Gasteiger partial charge in [0.05, 0.1) is 0 Å². The minimum atomic E-state index is 0.0650. The third kappa shape index (κ3) is 4.03. The quantitative estimate of drug-likeness (QED) is 0.686. The molecule has 0 aromatic heterocycles. The van der Waals surface area contributed by atoms with Crippen LogP contribution in [0.2, 0.25) is 0 Å². The predicted octanol–water partition coefficient (Wildman–Crippen LogP) is 6.32. The van der Waals surface area contributed by atoms with Gasteiger partial charge in [-0.15, -0.1) is 0 Å². The van der Waals surface area contributed by atoms with E-state index in [0.29, 0.717) is 0 Å². The Kier molecular flexibility index (Phi) is 4.84. The molecule has 0 heterocycles. The number of nitrogens with one attached hydrogen (secondary N) is 1. The van der Waals surface area contributed by atoms with Gasteiger partial charge in [-0.05, 0) is 68.7 Å². The number of hydrogen-bond donors (Lipinski definition) is 1. The molecule has 0 spiro atoms. The first-order chi connectivity index (χ1) is 10.2. The van der Waals surface area contributed by atoms with Gasteiger partial charge in [-0.1, -0.05) is 45.1 Å². The third-order valence-electron chi connectivity index (χ3n) is 4.50. The summed E-state index contributed by atoms with van der Waals surface area (Å²) in [4.78, 5) is 0. The highest BCUT2D eigenvalue weighted by atomic mass is 15.0. The molecule has 0 saturated carbocycles. The maximum absolute atomic E-state index is 3.67. The van der Waals surface area contributed by atoms with Gasteiger partial charge >= 0.3 is 0 Å². The molecule has 0 bridgehead atoms. The standard InChI is InChI=1S/C21H31N/c1-7-21(5,6)17-13-14-19(22-20(2,3)4)18(15-17)16-11-9-8-10-12-16/h9,11-15,22H,7-8,10H2,1-6H3. The molecule has 2 rings (SSSR count). The van der Waals surface area contributed by atoms with Crippen LogP contribution in [-0.4, -0.2) is 5.54 Å². The molecule has 120 valence electrons. The zero-order chi connectivity index (χ0) is 16.4. The van der Waals surface area contributed by atoms with Crippen molar-refractivity contribution in [3.8, 4) is 0 Å². The smallest absolute Gasteiger partial charge is 0.0423 e. The number of rotatable bonds is 4. The highest BCUT2D eigenvalue weighted by molar-refractivity contribution is 5.83. The van der Waals surface area contributed by atoms with E-state index < -0.39 is 0 Å². The largest absolute Gasteiger partial charge is 0.380 e. The lowest BCUT2D eigenvalue weighted by Gasteiger charge is -2.28. The summed E-state index contributed by atoms with van der Waals surface area (Å²) in [6.07, 6.45) is 10.4. The fourth-order valence-corrected chi connectivity index (χ4v) is 2.73. The lowest BCUT2D eigenvalue weighted by molar-refractivity contribution is 0.506. The van der Waals surface area contributed by atoms with Gasteiger partial charge in [-0.2, -0.15) is 0 Å². The first kappa shape index (κ1) is 16.9. The van der Waals surface area contributed by atoms with Crippen LogP contribution >= 0.6 is 0 Å². The highest BCUT2D eigenvalue weighted by Crippen LogP contribution is 2.35. The molecule has 0 aliphatic heterocycles. The lowest BCUT2D eigenvalue weighted by atomic mass is 9.80. The first-order valence-corrected chi connectivity index (χ1v) is 8.53. The van der Waals surface area contributed by atoms with E-state index in [9.17, 15) is 0 Å². The minimum absolute atomic E-state index is 0.0650. The van der Waals surface area contributed by atoms with E-state index >= 15 is 0 Å². The van der Waals surface area contributed by atoms with Crippen molar-refractivity contribution in [2.75, 3.05) is 5.32 Å². The fraction of sp³-hybridized carbons (Fsp3) is 0.524. The topological polar surface area (TPSA) is 12.0 Å². The molecule has 1 aliphatic rings. The van der Waals surface area contributed by atoms with Crippen molar-refractivity contribution < 1.29 is 0 Å².